The summed E-state index contributed by atoms with van der Waals surface area (Å²) in [5.41, 5.74) is 26.7. The Kier molecular flexibility index (Phi) is 37.3. The van der Waals surface area contributed by atoms with Crippen molar-refractivity contribution in [3.63, 3.8) is 0 Å². The molecule has 0 spiro atoms. The van der Waals surface area contributed by atoms with E-state index in [-0.39, 0.29) is 58.8 Å². The van der Waals surface area contributed by atoms with E-state index in [4.69, 9.17) is 0 Å². The average molecular weight is 1770 g/mol. The number of fused-ring (bicyclic) bond motifs is 15. The molecule has 0 radical (unpaired) electrons. The number of aryl methyl sites for hydroxylation is 10. The summed E-state index contributed by atoms with van der Waals surface area (Å²) in [7, 11) is 4.26. The van der Waals surface area contributed by atoms with Crippen molar-refractivity contribution in [1.29, 1.82) is 0 Å². The smallest absolute Gasteiger partial charge is 0.207 e. The topological polar surface area (TPSA) is 38.8 Å². The number of halogens is 3. The predicted molar refractivity (Wildman–Crippen MR) is 531 cm³/mol. The minimum absolute atomic E-state index is 0. The van der Waals surface area contributed by atoms with Gasteiger partial charge >= 0.3 is 6.18 Å². The summed E-state index contributed by atoms with van der Waals surface area (Å²) in [6, 6.07) is 44.2. The van der Waals surface area contributed by atoms with Crippen LogP contribution in [0.1, 0.15) is 317 Å². The summed E-state index contributed by atoms with van der Waals surface area (Å²) in [5.74, 6) is 0. The lowest BCUT2D eigenvalue weighted by Crippen LogP contribution is -2.43. The van der Waals surface area contributed by atoms with Crippen molar-refractivity contribution < 1.29 is 58.8 Å². The molecule has 0 amide bonds. The molecular formula is C117H165F3N10+10. The number of benzene rings is 2. The molecule has 0 N–H and O–H groups in total. The van der Waals surface area contributed by atoms with Crippen LogP contribution in [-0.2, 0) is 106 Å². The van der Waals surface area contributed by atoms with Crippen molar-refractivity contribution in [3.05, 3.63) is 312 Å². The average Bonchev–Trinajstić information content (AvgIpc) is 1.56. The summed E-state index contributed by atoms with van der Waals surface area (Å²) in [5, 5.41) is 0. The molecule has 0 aliphatic heterocycles. The molecule has 5 aliphatic carbocycles. The first-order valence-corrected chi connectivity index (χ1v) is 48.0. The molecule has 0 unspecified atom stereocenters. The zero-order valence-corrected chi connectivity index (χ0v) is 78.8. The van der Waals surface area contributed by atoms with E-state index in [1.165, 1.54) is 197 Å². The van der Waals surface area contributed by atoms with Gasteiger partial charge in [0.15, 0.2) is 124 Å². The van der Waals surface area contributed by atoms with Gasteiger partial charge in [0.25, 0.3) is 0 Å². The van der Waals surface area contributed by atoms with E-state index in [9.17, 15) is 13.2 Å². The lowest BCUT2D eigenvalue weighted by molar-refractivity contribution is -0.698. The molecule has 0 atom stereocenters. The fourth-order valence-electron chi connectivity index (χ4n) is 21.3. The van der Waals surface area contributed by atoms with Crippen LogP contribution in [0.5, 0.6) is 0 Å². The Labute approximate surface area is 784 Å². The zero-order chi connectivity index (χ0) is 88.9. The van der Waals surface area contributed by atoms with E-state index < -0.39 is 11.6 Å². The number of nitrogens with zero attached hydrogens (tertiary/aromatic N) is 10. The van der Waals surface area contributed by atoms with Crippen molar-refractivity contribution in [2.24, 2.45) is 14.1 Å². The van der Waals surface area contributed by atoms with Crippen molar-refractivity contribution in [1.82, 2.24) is 0 Å². The Bertz CT molecular complexity index is 5360. The van der Waals surface area contributed by atoms with Crippen LogP contribution in [-0.4, -0.2) is 6.18 Å². The maximum atomic E-state index is 14.0. The second kappa shape index (κ2) is 46.2. The molecule has 10 heterocycles. The highest BCUT2D eigenvalue weighted by Crippen LogP contribution is 2.58. The summed E-state index contributed by atoms with van der Waals surface area (Å²) in [6.07, 6.45) is 63.3. The first kappa shape index (κ1) is 105. The molecule has 5 aliphatic rings. The summed E-state index contributed by atoms with van der Waals surface area (Å²) in [6.45, 7) is 40.2. The van der Waals surface area contributed by atoms with Crippen LogP contribution < -0.4 is 45.7 Å². The maximum absolute atomic E-state index is 14.0. The number of aromatic nitrogens is 10. The van der Waals surface area contributed by atoms with Gasteiger partial charge in [0.1, 0.15) is 71.9 Å². The molecule has 0 bridgehead atoms. The molecule has 12 aromatic rings. The van der Waals surface area contributed by atoms with Gasteiger partial charge in [-0.1, -0.05) is 205 Å². The Morgan fingerprint density at radius 3 is 0.785 bits per heavy atom. The Morgan fingerprint density at radius 2 is 0.508 bits per heavy atom. The lowest BCUT2D eigenvalue weighted by Gasteiger charge is -2.31. The molecule has 694 valence electrons. The molecule has 2 aromatic carbocycles. The lowest BCUT2D eigenvalue weighted by atomic mass is 9.70. The van der Waals surface area contributed by atoms with Crippen molar-refractivity contribution in [3.8, 4) is 55.6 Å². The van der Waals surface area contributed by atoms with Gasteiger partial charge < -0.3 is 0 Å². The fraction of sp³-hybridized carbons (Fsp3) is 0.470. The number of pyridine rings is 10. The van der Waals surface area contributed by atoms with Crippen LogP contribution >= 0.6 is 0 Å². The van der Waals surface area contributed by atoms with Gasteiger partial charge in [-0.2, -0.15) is 13.2 Å². The summed E-state index contributed by atoms with van der Waals surface area (Å²) >= 11 is 0. The van der Waals surface area contributed by atoms with Crippen LogP contribution in [0.15, 0.2) is 245 Å². The van der Waals surface area contributed by atoms with E-state index in [1.54, 1.807) is 33.7 Å². The largest absolute Gasteiger partial charge is 0.402 e. The Balaban J connectivity index is 0.000000201. The van der Waals surface area contributed by atoms with Gasteiger partial charge in [-0.25, -0.2) is 45.7 Å². The number of hydrogen-bond acceptors (Lipinski definition) is 0. The van der Waals surface area contributed by atoms with Crippen LogP contribution in [0.25, 0.3) is 55.6 Å². The van der Waals surface area contributed by atoms with Crippen LogP contribution in [0.2, 0.25) is 0 Å². The minimum atomic E-state index is -4.34. The Morgan fingerprint density at radius 1 is 0.254 bits per heavy atom. The Hall–Kier alpha value is -10.3. The van der Waals surface area contributed by atoms with Gasteiger partial charge in [-0.15, -0.1) is 0 Å². The highest BCUT2D eigenvalue weighted by Gasteiger charge is 2.61. The van der Waals surface area contributed by atoms with Crippen molar-refractivity contribution in [2.45, 2.75) is 349 Å². The second-order valence-corrected chi connectivity index (χ2v) is 36.4. The van der Waals surface area contributed by atoms with Crippen molar-refractivity contribution in [2.75, 3.05) is 0 Å². The van der Waals surface area contributed by atoms with Gasteiger partial charge in [-0.05, 0) is 173 Å². The number of hydrogen-bond donors (Lipinski definition) is 0. The third-order valence-corrected chi connectivity index (χ3v) is 28.9. The van der Waals surface area contributed by atoms with E-state index in [0.717, 1.165) is 71.4 Å². The highest BCUT2D eigenvalue weighted by molar-refractivity contribution is 5.83. The molecule has 13 heteroatoms. The molecule has 10 aromatic heterocycles. The predicted octanol–water partition coefficient (Wildman–Crippen LogP) is 24.9. The molecular weight excluding hydrogens is 1600 g/mol. The number of unbranched alkanes of at least 4 members (excludes halogenated alkanes) is 8. The summed E-state index contributed by atoms with van der Waals surface area (Å²) < 4.78 is 64.0. The number of rotatable bonds is 29. The maximum Gasteiger partial charge on any atom is 0.402 e. The standard InChI is InChI=1S/C29H30N2.C28H44N2.2C19H26N2.C17H19F3N2.5CH4/c1-3-30-17-15-25-26-16-18-31(4-2)22-28(26)29(27(25)21-30,19-23-11-7-5-8-12-23)20-24-13-9-6-10-14-24;1-5-8-10-12-14-18-29-20-16-24-25-17-21-30(19-15-13-11-9-6-2)23-27(25)28(4,7-3)26(24)22-29;1-5-9-19(10-6-2)17-13-20(3)11-7-15(17)16-8-12-21(4)14-18(16)19;1-5-19(6-2)17-13-20(7-3)11-9-15(17)16-10-12-21(8-4)14-18(16)19;1-4-21-8-6-12-13-7-9-22(5-2)11-15(13)16(3,14(12)10-21)17(18,19)20;;;;;/h5-18,21-22H,3-4,19-20H2,1-2H3;16-17,20-23H,5-15,18-19H2,1-4H3;7-8,11-14H,5-6,9-10H2,1-4H3;9-14H,5-8H2,1-4H3;6-11H,4-5H2,1-3H3;5*1H4/q5*+2;;;;;. The first-order chi connectivity index (χ1) is 60.5. The molecule has 0 saturated heterocycles. The van der Waals surface area contributed by atoms with Gasteiger partial charge in [0.2, 0.25) is 0 Å². The quantitative estimate of drug-likeness (QED) is 0.0331. The molecule has 17 rings (SSSR count). The van der Waals surface area contributed by atoms with E-state index in [2.05, 4.69) is 342 Å². The number of alkyl halides is 3. The molecule has 130 heavy (non-hydrogen) atoms. The summed E-state index contributed by atoms with van der Waals surface area (Å²) in [4.78, 5) is 0. The monoisotopic (exact) mass is 1770 g/mol. The fourth-order valence-corrected chi connectivity index (χ4v) is 21.3. The van der Waals surface area contributed by atoms with E-state index in [1.807, 2.05) is 26.2 Å². The van der Waals surface area contributed by atoms with Crippen LogP contribution in [0.3, 0.4) is 0 Å². The second-order valence-electron chi connectivity index (χ2n) is 36.4. The van der Waals surface area contributed by atoms with Gasteiger partial charge in [0.05, 0.1) is 0 Å². The normalized spacial score (nSPS) is 13.9. The van der Waals surface area contributed by atoms with Gasteiger partial charge in [0, 0.05) is 151 Å². The molecule has 0 saturated carbocycles. The highest BCUT2D eigenvalue weighted by atomic mass is 19.4. The third-order valence-electron chi connectivity index (χ3n) is 28.9. The van der Waals surface area contributed by atoms with E-state index in [0.29, 0.717) is 35.3 Å². The molecule has 10 nitrogen and oxygen atoms in total. The van der Waals surface area contributed by atoms with E-state index >= 15 is 0 Å². The first-order valence-electron chi connectivity index (χ1n) is 48.0. The molecule has 0 fully saturated rings. The SMILES string of the molecule is C.C.C.C.C.CCCC1(CCC)c2c[n+](C)ccc2-c2cc[n+](C)cc21.CCCCCCC[n+]1ccc2c(c1)C(C)(CC)c1c[n+](CCCCCCC)ccc1-2.CC[n+]1ccc2c(c1)C(C)(C(F)(F)F)c1c[n+](CC)ccc1-2.CC[n+]1ccc2c(c1)C(CC)(CC)c1c[n+](CC)ccc1-2.CC[n+]1ccc2c(c1)C(Cc1ccccc1)(Cc1ccccc1)c1c[n+](CC)ccc1-2. The van der Waals surface area contributed by atoms with Crippen LogP contribution in [0, 0.1) is 0 Å². The van der Waals surface area contributed by atoms with Crippen LogP contribution in [0.4, 0.5) is 13.2 Å². The minimum Gasteiger partial charge on any atom is -0.207 e. The third kappa shape index (κ3) is 20.8. The zero-order valence-electron chi connectivity index (χ0n) is 78.8. The van der Waals surface area contributed by atoms with Crippen molar-refractivity contribution >= 4 is 0 Å². The van der Waals surface area contributed by atoms with Gasteiger partial charge in [-0.3, -0.25) is 0 Å².